The lowest BCUT2D eigenvalue weighted by atomic mass is 9.87. The Kier molecular flexibility index (Phi) is 5.40. The van der Waals surface area contributed by atoms with E-state index in [1.807, 2.05) is 0 Å². The van der Waals surface area contributed by atoms with Crippen LogP contribution in [0.4, 0.5) is 5.69 Å². The maximum absolute atomic E-state index is 11.8. The fourth-order valence-corrected chi connectivity index (χ4v) is 1.72. The first-order valence-electron chi connectivity index (χ1n) is 6.52. The van der Waals surface area contributed by atoms with Crippen LogP contribution in [0.25, 0.3) is 0 Å². The number of amides is 1. The normalized spacial score (nSPS) is 13.2. The van der Waals surface area contributed by atoms with Gasteiger partial charge in [0, 0.05) is 18.2 Å². The zero-order valence-electron chi connectivity index (χ0n) is 12.0. The Balaban J connectivity index is 2.71. The van der Waals surface area contributed by atoms with Gasteiger partial charge in [0.2, 0.25) is 5.91 Å². The third kappa shape index (κ3) is 4.27. The smallest absolute Gasteiger partial charge is 0.311 e. The van der Waals surface area contributed by atoms with E-state index in [0.29, 0.717) is 12.0 Å². The predicted molar refractivity (Wildman–Crippen MR) is 75.8 cm³/mol. The minimum Gasteiger partial charge on any atom is -0.481 e. The minimum absolute atomic E-state index is 0.0156. The summed E-state index contributed by atoms with van der Waals surface area (Å²) in [5.41, 5.74) is -0.865. The Hall–Kier alpha value is -2.44. The molecule has 1 aromatic carbocycles. The highest BCUT2D eigenvalue weighted by Gasteiger charge is 2.31. The van der Waals surface area contributed by atoms with Crippen molar-refractivity contribution >= 4 is 17.6 Å². The summed E-state index contributed by atoms with van der Waals surface area (Å²) in [5.74, 6) is -1.43. The number of carboxylic acids is 1. The standard InChI is InChI=1S/C14H18N2O5/c1-3-14(2,13(18)19)9-15-12(17)8-10-6-4-5-7-11(10)16(20)21/h4-7H,3,8-9H2,1-2H3,(H,15,17)(H,18,19). The number of carboxylic acid groups (broad SMARTS) is 1. The summed E-state index contributed by atoms with van der Waals surface area (Å²) >= 11 is 0. The fourth-order valence-electron chi connectivity index (χ4n) is 1.72. The molecule has 0 spiro atoms. The van der Waals surface area contributed by atoms with Gasteiger partial charge in [-0.3, -0.25) is 19.7 Å². The number of nitrogens with zero attached hydrogens (tertiary/aromatic N) is 1. The van der Waals surface area contributed by atoms with E-state index in [1.54, 1.807) is 19.9 Å². The Morgan fingerprint density at radius 2 is 2.00 bits per heavy atom. The number of benzene rings is 1. The van der Waals surface area contributed by atoms with Crippen LogP contribution in [-0.2, 0) is 16.0 Å². The second-order valence-corrected chi connectivity index (χ2v) is 5.06. The van der Waals surface area contributed by atoms with Gasteiger partial charge >= 0.3 is 5.97 Å². The molecule has 0 fully saturated rings. The SMILES string of the molecule is CCC(C)(CNC(=O)Cc1ccccc1[N+](=O)[O-])C(=O)O. The van der Waals surface area contributed by atoms with Crippen LogP contribution < -0.4 is 5.32 Å². The van der Waals surface area contributed by atoms with E-state index in [9.17, 15) is 19.7 Å². The van der Waals surface area contributed by atoms with Crippen molar-refractivity contribution in [2.45, 2.75) is 26.7 Å². The van der Waals surface area contributed by atoms with Gasteiger partial charge in [-0.25, -0.2) is 0 Å². The van der Waals surface area contributed by atoms with Gasteiger partial charge in [0.05, 0.1) is 16.8 Å². The first kappa shape index (κ1) is 16.6. The molecule has 2 N–H and O–H groups in total. The average molecular weight is 294 g/mol. The fraction of sp³-hybridized carbons (Fsp3) is 0.429. The molecule has 0 aromatic heterocycles. The molecule has 7 nitrogen and oxygen atoms in total. The number of hydrogen-bond acceptors (Lipinski definition) is 4. The minimum atomic E-state index is -1.04. The van der Waals surface area contributed by atoms with Gasteiger partial charge in [0.1, 0.15) is 0 Å². The lowest BCUT2D eigenvalue weighted by Gasteiger charge is -2.23. The molecule has 1 unspecified atom stereocenters. The van der Waals surface area contributed by atoms with E-state index in [-0.39, 0.29) is 18.7 Å². The van der Waals surface area contributed by atoms with Crippen LogP contribution in [0.1, 0.15) is 25.8 Å². The molecule has 0 aliphatic rings. The topological polar surface area (TPSA) is 110 Å². The van der Waals surface area contributed by atoms with Crippen LogP contribution in [0.2, 0.25) is 0 Å². The molecule has 0 aliphatic carbocycles. The number of carbonyl (C=O) groups is 2. The number of carbonyl (C=O) groups excluding carboxylic acids is 1. The van der Waals surface area contributed by atoms with Crippen molar-refractivity contribution in [3.8, 4) is 0 Å². The molecule has 0 aliphatic heterocycles. The van der Waals surface area contributed by atoms with Gasteiger partial charge in [0.25, 0.3) is 5.69 Å². The van der Waals surface area contributed by atoms with E-state index < -0.39 is 22.2 Å². The highest BCUT2D eigenvalue weighted by Crippen LogP contribution is 2.21. The number of nitro groups is 1. The summed E-state index contributed by atoms with van der Waals surface area (Å²) in [7, 11) is 0. The number of hydrogen-bond donors (Lipinski definition) is 2. The molecule has 0 radical (unpaired) electrons. The Morgan fingerprint density at radius 1 is 1.38 bits per heavy atom. The zero-order chi connectivity index (χ0) is 16.0. The van der Waals surface area contributed by atoms with Crippen molar-refractivity contribution in [3.63, 3.8) is 0 Å². The van der Waals surface area contributed by atoms with Crippen LogP contribution in [0, 0.1) is 15.5 Å². The van der Waals surface area contributed by atoms with Gasteiger partial charge in [-0.15, -0.1) is 0 Å². The largest absolute Gasteiger partial charge is 0.481 e. The van der Waals surface area contributed by atoms with Gasteiger partial charge in [-0.2, -0.15) is 0 Å². The second-order valence-electron chi connectivity index (χ2n) is 5.06. The van der Waals surface area contributed by atoms with Gasteiger partial charge in [-0.1, -0.05) is 25.1 Å². The molecule has 0 bridgehead atoms. The van der Waals surface area contributed by atoms with E-state index in [1.165, 1.54) is 18.2 Å². The average Bonchev–Trinajstić information content (AvgIpc) is 2.44. The molecule has 114 valence electrons. The number of nitrogens with one attached hydrogen (secondary N) is 1. The molecule has 1 rings (SSSR count). The van der Waals surface area contributed by atoms with E-state index in [0.717, 1.165) is 0 Å². The van der Waals surface area contributed by atoms with Gasteiger partial charge in [0.15, 0.2) is 0 Å². The van der Waals surface area contributed by atoms with Crippen molar-refractivity contribution in [2.24, 2.45) is 5.41 Å². The van der Waals surface area contributed by atoms with Crippen LogP contribution in [0.5, 0.6) is 0 Å². The van der Waals surface area contributed by atoms with Crippen molar-refractivity contribution in [2.75, 3.05) is 6.54 Å². The van der Waals surface area contributed by atoms with Crippen molar-refractivity contribution < 1.29 is 19.6 Å². The number of rotatable bonds is 7. The number of para-hydroxylation sites is 1. The third-order valence-corrected chi connectivity index (χ3v) is 3.51. The molecule has 7 heteroatoms. The molecule has 0 saturated heterocycles. The van der Waals surface area contributed by atoms with Crippen molar-refractivity contribution in [1.29, 1.82) is 0 Å². The summed E-state index contributed by atoms with van der Waals surface area (Å²) in [5, 5.41) is 22.5. The summed E-state index contributed by atoms with van der Waals surface area (Å²) in [6, 6.07) is 5.98. The first-order chi connectivity index (χ1) is 9.80. The molecule has 0 saturated carbocycles. The Bertz CT molecular complexity index is 558. The quantitative estimate of drug-likeness (QED) is 0.588. The molecular weight excluding hydrogens is 276 g/mol. The second kappa shape index (κ2) is 6.83. The molecule has 1 aromatic rings. The zero-order valence-corrected chi connectivity index (χ0v) is 12.0. The molecule has 21 heavy (non-hydrogen) atoms. The number of nitro benzene ring substituents is 1. The van der Waals surface area contributed by atoms with Gasteiger partial charge < -0.3 is 10.4 Å². The highest BCUT2D eigenvalue weighted by atomic mass is 16.6. The van der Waals surface area contributed by atoms with Crippen molar-refractivity contribution in [1.82, 2.24) is 5.32 Å². The van der Waals surface area contributed by atoms with Crippen LogP contribution in [0.3, 0.4) is 0 Å². The maximum Gasteiger partial charge on any atom is 0.311 e. The first-order valence-corrected chi connectivity index (χ1v) is 6.52. The van der Waals surface area contributed by atoms with Crippen LogP contribution in [-0.4, -0.2) is 28.5 Å². The lowest BCUT2D eigenvalue weighted by Crippen LogP contribution is -2.41. The monoisotopic (exact) mass is 294 g/mol. The maximum atomic E-state index is 11.8. The van der Waals surface area contributed by atoms with E-state index >= 15 is 0 Å². The highest BCUT2D eigenvalue weighted by molar-refractivity contribution is 5.81. The third-order valence-electron chi connectivity index (χ3n) is 3.51. The Morgan fingerprint density at radius 3 is 2.52 bits per heavy atom. The van der Waals surface area contributed by atoms with Crippen molar-refractivity contribution in [3.05, 3.63) is 39.9 Å². The van der Waals surface area contributed by atoms with E-state index in [2.05, 4.69) is 5.32 Å². The van der Waals surface area contributed by atoms with Crippen LogP contribution >= 0.6 is 0 Å². The summed E-state index contributed by atoms with van der Waals surface area (Å²) in [6.45, 7) is 3.25. The van der Waals surface area contributed by atoms with Gasteiger partial charge in [-0.05, 0) is 13.3 Å². The predicted octanol–water partition coefficient (Wildman–Crippen LogP) is 1.75. The van der Waals surface area contributed by atoms with Crippen LogP contribution in [0.15, 0.2) is 24.3 Å². The Labute approximate surface area is 122 Å². The summed E-state index contributed by atoms with van der Waals surface area (Å²) in [6.07, 6.45) is 0.213. The lowest BCUT2D eigenvalue weighted by molar-refractivity contribution is -0.385. The molecule has 0 heterocycles. The number of aliphatic carboxylic acids is 1. The van der Waals surface area contributed by atoms with E-state index in [4.69, 9.17) is 5.11 Å². The molecular formula is C14H18N2O5. The summed E-state index contributed by atoms with van der Waals surface area (Å²) in [4.78, 5) is 33.3. The summed E-state index contributed by atoms with van der Waals surface area (Å²) < 4.78 is 0. The molecule has 1 amide bonds. The molecule has 1 atom stereocenters.